The monoisotopic (exact) mass is 472 g/mol. The van der Waals surface area contributed by atoms with Crippen molar-refractivity contribution in [1.29, 1.82) is 5.26 Å². The van der Waals surface area contributed by atoms with Gasteiger partial charge in [0.05, 0.1) is 6.07 Å². The third kappa shape index (κ3) is 36.7. The third-order valence-corrected chi connectivity index (χ3v) is 3.67. The van der Waals surface area contributed by atoms with Gasteiger partial charge >= 0.3 is 16.5 Å². The van der Waals surface area contributed by atoms with Crippen LogP contribution in [0.25, 0.3) is 0 Å². The van der Waals surface area contributed by atoms with Crippen LogP contribution in [0, 0.1) is 21.6 Å². The van der Waals surface area contributed by atoms with E-state index in [9.17, 15) is 0 Å². The molecule has 0 atom stereocenters. The maximum atomic E-state index is 8.49. The minimum atomic E-state index is -4.94. The molecule has 1 rings (SSSR count). The first kappa shape index (κ1) is 35.3. The zero-order valence-corrected chi connectivity index (χ0v) is 19.0. The van der Waals surface area contributed by atoms with Gasteiger partial charge in [0, 0.05) is 46.2 Å². The molecule has 1 saturated heterocycles. The number of nitriles is 1. The predicted octanol–water partition coefficient (Wildman–Crippen LogP) is -6.49. The third-order valence-electron chi connectivity index (χ3n) is 3.67. The van der Waals surface area contributed by atoms with E-state index in [0.29, 0.717) is 0 Å². The topological polar surface area (TPSA) is 175 Å². The quantitative estimate of drug-likeness (QED) is 0.186. The maximum Gasteiger partial charge on any atom is 3.00 e. The van der Waals surface area contributed by atoms with Crippen LogP contribution >= 0.6 is 0 Å². The smallest absolute Gasteiger partial charge is 1.00 e. The molecule has 0 aromatic rings. The van der Waals surface area contributed by atoms with Crippen molar-refractivity contribution in [3.63, 3.8) is 0 Å². The van der Waals surface area contributed by atoms with Gasteiger partial charge in [0.25, 0.3) is 0 Å². The molecule has 0 aliphatic carbocycles. The summed E-state index contributed by atoms with van der Waals surface area (Å²) >= 11 is 0. The molecule has 28 heavy (non-hydrogen) atoms. The number of hydrogen-bond donors (Lipinski definition) is 0. The minimum Gasteiger partial charge on any atom is -1.00 e. The average molecular weight is 474 g/mol. The Balaban J connectivity index is -0.000000221. The van der Waals surface area contributed by atoms with Crippen LogP contribution in [0.15, 0.2) is 0 Å². The van der Waals surface area contributed by atoms with Crippen LogP contribution in [0.2, 0.25) is 0 Å². The van der Waals surface area contributed by atoms with E-state index in [1.807, 2.05) is 0 Å². The normalized spacial score (nSPS) is 18.5. The summed E-state index contributed by atoms with van der Waals surface area (Å²) in [7, 11) is 3.99. The average Bonchev–Trinajstić information content (AvgIpc) is 2.57. The van der Waals surface area contributed by atoms with E-state index in [1.165, 1.54) is 65.7 Å². The molecule has 1 heterocycles. The van der Waals surface area contributed by atoms with Crippen molar-refractivity contribution in [2.24, 2.45) is 0 Å². The molecule has 171 valence electrons. The second-order valence-electron chi connectivity index (χ2n) is 6.17. The van der Waals surface area contributed by atoms with Gasteiger partial charge in [-0.2, -0.15) is 5.26 Å². The molecule has 0 aromatic heterocycles. The molecule has 1 aliphatic rings. The van der Waals surface area contributed by atoms with Crippen LogP contribution in [0.1, 0.15) is 13.3 Å². The summed E-state index contributed by atoms with van der Waals surface area (Å²) in [6.07, 6.45) is 1.28. The van der Waals surface area contributed by atoms with Crippen molar-refractivity contribution in [1.82, 2.24) is 19.6 Å². The van der Waals surface area contributed by atoms with Crippen LogP contribution in [0.3, 0.4) is 0 Å². The summed E-state index contributed by atoms with van der Waals surface area (Å²) in [5.74, 6) is 0. The Bertz CT molecular complexity index is 337. The van der Waals surface area contributed by atoms with E-state index in [1.54, 1.807) is 6.07 Å². The van der Waals surface area contributed by atoms with Crippen molar-refractivity contribution in [2.75, 3.05) is 80.5 Å². The van der Waals surface area contributed by atoms with E-state index < -0.39 is 10.2 Å². The van der Waals surface area contributed by atoms with Gasteiger partial charge in [0.2, 0.25) is 0 Å². The van der Waals surface area contributed by atoms with Crippen LogP contribution in [0.5, 0.6) is 0 Å². The molecule has 11 nitrogen and oxygen atoms in total. The molecule has 0 bridgehead atoms. The van der Waals surface area contributed by atoms with Crippen molar-refractivity contribution in [2.45, 2.75) is 13.3 Å². The first-order valence-electron chi connectivity index (χ1n) is 8.33. The Kier molecular flexibility index (Phi) is 29.2. The van der Waals surface area contributed by atoms with E-state index in [4.69, 9.17) is 34.4 Å². The molecule has 0 spiro atoms. The van der Waals surface area contributed by atoms with Gasteiger partial charge in [-0.1, -0.05) is 0 Å². The molecule has 0 saturated carbocycles. The summed E-state index contributed by atoms with van der Waals surface area (Å²) in [5.41, 5.74) is 0. The number of likely N-dealkylation sites (N-methyl/N-ethyl adjacent to an activating group) is 4. The summed E-state index contributed by atoms with van der Waals surface area (Å²) < 4.78 is 34.0. The fourth-order valence-electron chi connectivity index (χ4n) is 2.08. The molecular weight excluding hydrogens is 440 g/mol. The zero-order valence-electron chi connectivity index (χ0n) is 17.2. The largest absolute Gasteiger partial charge is 3.00 e. The van der Waals surface area contributed by atoms with Crippen LogP contribution < -0.4 is 29.2 Å². The van der Waals surface area contributed by atoms with Crippen molar-refractivity contribution in [3.8, 4) is 6.07 Å². The van der Waals surface area contributed by atoms with Gasteiger partial charge in [-0.05, 0) is 47.7 Å². The minimum absolute atomic E-state index is 0. The Hall–Kier alpha value is -0.126. The number of rotatable bonds is 0. The molecular formula is C15H33ClN5NiO6. The second-order valence-corrected chi connectivity index (χ2v) is 6.92. The second kappa shape index (κ2) is 23.2. The summed E-state index contributed by atoms with van der Waals surface area (Å²) in [6.45, 7) is 10.9. The molecule has 13 heteroatoms. The Morgan fingerprint density at radius 1 is 0.643 bits per heavy atom. The van der Waals surface area contributed by atoms with Gasteiger partial charge < -0.3 is 30.1 Å². The van der Waals surface area contributed by atoms with Gasteiger partial charge in [0.15, 0.2) is 0 Å². The SMILES string of the molecule is CC#N.CN1CCCN(C)CCN(C)CCN(C)CC1.[Ni+3].[O-][Cl+3]([O-])([O-])[O-].[O-][O-]. The van der Waals surface area contributed by atoms with Crippen LogP contribution in [-0.2, 0) is 16.5 Å². The first-order valence-corrected chi connectivity index (χ1v) is 9.56. The molecule has 0 aromatic carbocycles. The van der Waals surface area contributed by atoms with Gasteiger partial charge in [-0.25, -0.2) is 18.6 Å². The molecule has 0 amide bonds. The fraction of sp³-hybridized carbons (Fsp3) is 0.933. The predicted molar refractivity (Wildman–Crippen MR) is 85.9 cm³/mol. The fourth-order valence-corrected chi connectivity index (χ4v) is 2.08. The van der Waals surface area contributed by atoms with E-state index in [-0.39, 0.29) is 16.5 Å². The molecule has 0 unspecified atom stereocenters. The van der Waals surface area contributed by atoms with Crippen molar-refractivity contribution < 1.29 is 55.9 Å². The van der Waals surface area contributed by atoms with E-state index in [2.05, 4.69) is 47.8 Å². The van der Waals surface area contributed by atoms with Crippen LogP contribution in [0.4, 0.5) is 0 Å². The molecule has 0 N–H and O–H groups in total. The molecule has 1 aliphatic heterocycles. The Morgan fingerprint density at radius 3 is 0.964 bits per heavy atom. The van der Waals surface area contributed by atoms with Crippen molar-refractivity contribution in [3.05, 3.63) is 0 Å². The van der Waals surface area contributed by atoms with E-state index >= 15 is 0 Å². The van der Waals surface area contributed by atoms with Gasteiger partial charge in [-0.3, -0.25) is 0 Å². The molecule has 1 fully saturated rings. The standard InChI is InChI=1S/C13H30N4.C2H3N.ClHO4.Ni.O2/c1-14-6-5-7-15(2)9-11-17(4)13-12-16(3)10-8-14;1-2-3;2-1(3,4)5;;1-2/h5-13H2,1-4H3;1H3;(H,2,3,4,5);;/q;;;+3;-2/p-1. The Labute approximate surface area is 180 Å². The summed E-state index contributed by atoms with van der Waals surface area (Å²) in [5, 5.41) is 21.3. The van der Waals surface area contributed by atoms with Crippen molar-refractivity contribution >= 4 is 0 Å². The summed E-state index contributed by atoms with van der Waals surface area (Å²) in [6, 6.07) is 1.75. The maximum absolute atomic E-state index is 8.49. The molecule has 1 radical (unpaired) electrons. The van der Waals surface area contributed by atoms with Crippen LogP contribution in [-0.4, -0.2) is 100 Å². The number of hydrogen-bond acceptors (Lipinski definition) is 11. The first-order chi connectivity index (χ1) is 12.5. The van der Waals surface area contributed by atoms with Gasteiger partial charge in [0.1, 0.15) is 0 Å². The summed E-state index contributed by atoms with van der Waals surface area (Å²) in [4.78, 5) is 9.78. The number of halogens is 1. The Morgan fingerprint density at radius 2 is 0.786 bits per heavy atom. The van der Waals surface area contributed by atoms with Gasteiger partial charge in [-0.15, -0.1) is 10.2 Å². The zero-order chi connectivity index (χ0) is 21.9. The number of nitrogens with zero attached hydrogens (tertiary/aromatic N) is 5. The van der Waals surface area contributed by atoms with E-state index in [0.717, 1.165) is 0 Å².